The van der Waals surface area contributed by atoms with E-state index < -0.39 is 13.9 Å². The summed E-state index contributed by atoms with van der Waals surface area (Å²) >= 11 is 0. The smallest absolute Gasteiger partial charge is 0.350 e. The molecule has 0 saturated heterocycles. The fourth-order valence-corrected chi connectivity index (χ4v) is 1.98. The first-order valence-corrected chi connectivity index (χ1v) is 7.50. The van der Waals surface area contributed by atoms with Gasteiger partial charge in [0.25, 0.3) is 0 Å². The van der Waals surface area contributed by atoms with E-state index in [1.807, 2.05) is 0 Å². The molecule has 0 aliphatic carbocycles. The Balaban J connectivity index is 2.11. The van der Waals surface area contributed by atoms with Crippen LogP contribution in [0, 0.1) is 0 Å². The number of hydrogen-bond donors (Lipinski definition) is 4. The van der Waals surface area contributed by atoms with Crippen LogP contribution in [-0.2, 0) is 22.4 Å². The monoisotopic (exact) mass is 302 g/mol. The minimum Gasteiger partial charge on any atom is -0.382 e. The van der Waals surface area contributed by atoms with E-state index in [0.717, 1.165) is 0 Å². The lowest BCUT2D eigenvalue weighted by molar-refractivity contribution is 0.149. The highest BCUT2D eigenvalue weighted by Gasteiger charge is 2.13. The van der Waals surface area contributed by atoms with E-state index in [9.17, 15) is 4.57 Å². The van der Waals surface area contributed by atoms with E-state index in [1.165, 1.54) is 6.33 Å². The van der Waals surface area contributed by atoms with Gasteiger partial charge in [0.1, 0.15) is 17.7 Å². The van der Waals surface area contributed by atoms with Gasteiger partial charge in [0.15, 0.2) is 11.5 Å². The topological polar surface area (TPSA) is 162 Å². The summed E-state index contributed by atoms with van der Waals surface area (Å²) in [6.07, 6.45) is 0.891. The maximum atomic E-state index is 10.6. The molecule has 2 heterocycles. The molecule has 0 aromatic carbocycles. The summed E-state index contributed by atoms with van der Waals surface area (Å²) in [5, 5.41) is 0. The largest absolute Gasteiger partial charge is 0.382 e. The van der Waals surface area contributed by atoms with Crippen LogP contribution in [0.25, 0.3) is 11.2 Å². The van der Waals surface area contributed by atoms with Gasteiger partial charge in [-0.05, 0) is 0 Å². The van der Waals surface area contributed by atoms with Crippen LogP contribution in [0.4, 0.5) is 5.82 Å². The summed E-state index contributed by atoms with van der Waals surface area (Å²) < 4.78 is 17.2. The van der Waals surface area contributed by atoms with Crippen LogP contribution in [0.3, 0.4) is 0 Å². The first-order valence-electron chi connectivity index (χ1n) is 5.70. The second kappa shape index (κ2) is 5.81. The van der Waals surface area contributed by atoms with Crippen LogP contribution in [0.15, 0.2) is 6.33 Å². The molecule has 10 nitrogen and oxygen atoms in total. The molecule has 0 aliphatic heterocycles. The van der Waals surface area contributed by atoms with E-state index in [2.05, 4.69) is 15.0 Å². The van der Waals surface area contributed by atoms with Gasteiger partial charge in [-0.25, -0.2) is 15.0 Å². The van der Waals surface area contributed by atoms with Crippen molar-refractivity contribution in [3.8, 4) is 0 Å². The molecule has 2 aromatic rings. The molecule has 110 valence electrons. The van der Waals surface area contributed by atoms with Gasteiger partial charge in [0.05, 0.1) is 19.5 Å². The summed E-state index contributed by atoms with van der Waals surface area (Å²) in [5.74, 6) is 0.637. The number of hydrogen-bond acceptors (Lipinski definition) is 7. The lowest BCUT2D eigenvalue weighted by Gasteiger charge is -2.07. The minimum absolute atomic E-state index is 0.110. The zero-order valence-electron chi connectivity index (χ0n) is 10.5. The quantitative estimate of drug-likeness (QED) is 0.388. The van der Waals surface area contributed by atoms with Gasteiger partial charge < -0.3 is 30.6 Å². The van der Waals surface area contributed by atoms with Gasteiger partial charge in [-0.1, -0.05) is 0 Å². The highest BCUT2D eigenvalue weighted by Crippen LogP contribution is 2.33. The molecule has 0 unspecified atom stereocenters. The van der Waals surface area contributed by atoms with Crippen molar-refractivity contribution in [1.82, 2.24) is 19.5 Å². The van der Waals surface area contributed by atoms with Crippen LogP contribution < -0.4 is 11.5 Å². The molecule has 0 bridgehead atoms. The maximum absolute atomic E-state index is 10.6. The van der Waals surface area contributed by atoms with E-state index in [-0.39, 0.29) is 19.0 Å². The Hall–Kier alpha value is -1.58. The van der Waals surface area contributed by atoms with E-state index >= 15 is 0 Å². The molecule has 0 fully saturated rings. The Bertz CT molecular complexity index is 653. The Labute approximate surface area is 113 Å². The molecule has 0 radical (unpaired) electrons. The Morgan fingerprint density at radius 3 is 2.80 bits per heavy atom. The molecule has 11 heteroatoms. The normalized spacial score (nSPS) is 12.2. The second-order valence-corrected chi connectivity index (χ2v) is 5.63. The fourth-order valence-electron chi connectivity index (χ4n) is 1.61. The summed E-state index contributed by atoms with van der Waals surface area (Å²) in [7, 11) is -4.15. The van der Waals surface area contributed by atoms with E-state index in [0.29, 0.717) is 23.5 Å². The van der Waals surface area contributed by atoms with Gasteiger partial charge in [0.2, 0.25) is 0 Å². The second-order valence-electron chi connectivity index (χ2n) is 4.04. The number of nitrogens with zero attached hydrogens (tertiary/aromatic N) is 4. The van der Waals surface area contributed by atoms with Crippen molar-refractivity contribution < 1.29 is 19.1 Å². The summed E-state index contributed by atoms with van der Waals surface area (Å²) in [6.45, 7) is 0.593. The Morgan fingerprint density at radius 1 is 1.40 bits per heavy atom. The fraction of sp³-hybridized carbons (Fsp3) is 0.444. The van der Waals surface area contributed by atoms with Crippen molar-refractivity contribution in [3.63, 3.8) is 0 Å². The summed E-state index contributed by atoms with van der Waals surface area (Å²) in [4.78, 5) is 29.6. The molecule has 2 rings (SSSR count). The third kappa shape index (κ3) is 3.50. The van der Waals surface area contributed by atoms with Crippen LogP contribution in [-0.4, -0.2) is 42.3 Å². The van der Waals surface area contributed by atoms with Crippen molar-refractivity contribution in [1.29, 1.82) is 0 Å². The number of fused-ring (bicyclic) bond motifs is 1. The van der Waals surface area contributed by atoms with Crippen LogP contribution in [0.2, 0.25) is 0 Å². The van der Waals surface area contributed by atoms with E-state index in [4.69, 9.17) is 26.0 Å². The number of imidazole rings is 1. The van der Waals surface area contributed by atoms with Gasteiger partial charge in [0, 0.05) is 6.54 Å². The molecule has 2 aromatic heterocycles. The highest BCUT2D eigenvalue weighted by molar-refractivity contribution is 7.51. The predicted molar refractivity (Wildman–Crippen MR) is 70.5 cm³/mol. The average Bonchev–Trinajstić information content (AvgIpc) is 2.77. The summed E-state index contributed by atoms with van der Waals surface area (Å²) in [6, 6.07) is 0. The van der Waals surface area contributed by atoms with E-state index in [1.54, 1.807) is 4.57 Å². The lowest BCUT2D eigenvalue weighted by Crippen LogP contribution is -2.10. The molecular weight excluding hydrogens is 287 g/mol. The van der Waals surface area contributed by atoms with Gasteiger partial charge in [-0.15, -0.1) is 0 Å². The number of nitrogens with two attached hydrogens (primary N) is 2. The van der Waals surface area contributed by atoms with Crippen molar-refractivity contribution in [3.05, 3.63) is 12.2 Å². The number of ether oxygens (including phenoxy) is 1. The number of anilines is 1. The first-order chi connectivity index (χ1) is 9.40. The minimum atomic E-state index is -4.15. The average molecular weight is 302 g/mol. The maximum Gasteiger partial charge on any atom is 0.350 e. The first kappa shape index (κ1) is 14.8. The Morgan fingerprint density at radius 2 is 2.15 bits per heavy atom. The van der Waals surface area contributed by atoms with Gasteiger partial charge >= 0.3 is 7.60 Å². The van der Waals surface area contributed by atoms with Gasteiger partial charge in [-0.3, -0.25) is 4.57 Å². The molecule has 0 spiro atoms. The SMILES string of the molecule is NCc1nc(N)c2ncn(CCOCP(=O)(O)O)c2n1. The Kier molecular flexibility index (Phi) is 4.31. The third-order valence-electron chi connectivity index (χ3n) is 2.46. The zero-order chi connectivity index (χ0) is 14.8. The van der Waals surface area contributed by atoms with Crippen LogP contribution >= 0.6 is 7.60 Å². The molecule has 0 amide bonds. The van der Waals surface area contributed by atoms with Crippen LogP contribution in [0.1, 0.15) is 5.82 Å². The number of nitrogen functional groups attached to an aromatic ring is 1. The molecule has 20 heavy (non-hydrogen) atoms. The molecule has 0 atom stereocenters. The molecule has 0 aliphatic rings. The lowest BCUT2D eigenvalue weighted by atomic mass is 10.4. The molecule has 0 saturated carbocycles. The molecule has 6 N–H and O–H groups in total. The van der Waals surface area contributed by atoms with Crippen molar-refractivity contribution >= 4 is 24.6 Å². The highest BCUT2D eigenvalue weighted by atomic mass is 31.2. The van der Waals surface area contributed by atoms with Gasteiger partial charge in [-0.2, -0.15) is 0 Å². The summed E-state index contributed by atoms with van der Waals surface area (Å²) in [5.41, 5.74) is 12.2. The van der Waals surface area contributed by atoms with Crippen molar-refractivity contribution in [2.75, 3.05) is 18.7 Å². The van der Waals surface area contributed by atoms with Crippen molar-refractivity contribution in [2.24, 2.45) is 5.73 Å². The predicted octanol–water partition coefficient (Wildman–Crippen LogP) is -0.981. The standard InChI is InChI=1S/C9H15N6O4P/c10-3-6-13-8(11)7-9(14-6)15(4-12-7)1-2-19-5-20(16,17)18/h4H,1-3,5,10H2,(H2,11,13,14)(H2,16,17,18). The zero-order valence-corrected chi connectivity index (χ0v) is 11.4. The van der Waals surface area contributed by atoms with Crippen molar-refractivity contribution in [2.45, 2.75) is 13.1 Å². The van der Waals surface area contributed by atoms with Crippen LogP contribution in [0.5, 0.6) is 0 Å². The molecular formula is C9H15N6O4P. The number of aromatic nitrogens is 4. The third-order valence-corrected chi connectivity index (χ3v) is 2.97. The number of rotatable bonds is 6.